The van der Waals surface area contributed by atoms with Crippen LogP contribution in [0.5, 0.6) is 0 Å². The van der Waals surface area contributed by atoms with Crippen molar-refractivity contribution in [3.05, 3.63) is 59.7 Å². The average Bonchev–Trinajstić information content (AvgIpc) is 2.54. The lowest BCUT2D eigenvalue weighted by molar-refractivity contribution is -0.124. The molecule has 0 aromatic heterocycles. The molecule has 0 bridgehead atoms. The van der Waals surface area contributed by atoms with Crippen LogP contribution >= 0.6 is 0 Å². The van der Waals surface area contributed by atoms with Crippen molar-refractivity contribution in [1.29, 1.82) is 0 Å². The number of nitrogens with one attached hydrogen (secondary N) is 2. The lowest BCUT2D eigenvalue weighted by atomic mass is 10.1. The second-order valence-electron chi connectivity index (χ2n) is 5.48. The summed E-state index contributed by atoms with van der Waals surface area (Å²) in [5.74, 6) is -1.47. The van der Waals surface area contributed by atoms with Crippen molar-refractivity contribution in [2.45, 2.75) is 26.0 Å². The van der Waals surface area contributed by atoms with Crippen LogP contribution in [0.1, 0.15) is 25.5 Å². The Morgan fingerprint density at radius 1 is 1.08 bits per heavy atom. The molecule has 0 spiro atoms. The number of hydrogen-bond acceptors (Lipinski definition) is 3. The highest BCUT2D eigenvalue weighted by atomic mass is 19.1. The molecule has 128 valence electrons. The van der Waals surface area contributed by atoms with E-state index in [-0.39, 0.29) is 11.9 Å². The van der Waals surface area contributed by atoms with Gasteiger partial charge in [0.05, 0.1) is 6.04 Å². The van der Waals surface area contributed by atoms with Gasteiger partial charge in [-0.2, -0.15) is 0 Å². The van der Waals surface area contributed by atoms with Crippen LogP contribution in [0.15, 0.2) is 42.5 Å². The van der Waals surface area contributed by atoms with E-state index in [1.807, 2.05) is 0 Å². The standard InChI is InChI=1S/C18H20F2N2O2/c1-11(16-8-7-13(19)9-17(16)20)21-14-5-4-6-15(10-14)22-18(23)12(2)24-3/h4-12,21H,1-3H3,(H,22,23). The predicted molar refractivity (Wildman–Crippen MR) is 89.9 cm³/mol. The fraction of sp³-hybridized carbons (Fsp3) is 0.278. The summed E-state index contributed by atoms with van der Waals surface area (Å²) >= 11 is 0. The molecule has 0 fully saturated rings. The van der Waals surface area contributed by atoms with Gasteiger partial charge in [-0.1, -0.05) is 12.1 Å². The monoisotopic (exact) mass is 334 g/mol. The van der Waals surface area contributed by atoms with Crippen molar-refractivity contribution in [3.63, 3.8) is 0 Å². The number of halogens is 2. The SMILES string of the molecule is COC(C)C(=O)Nc1cccc(NC(C)c2ccc(F)cc2F)c1. The molecule has 0 aliphatic heterocycles. The Labute approximate surface area is 139 Å². The maximum absolute atomic E-state index is 13.8. The highest BCUT2D eigenvalue weighted by Gasteiger charge is 2.13. The minimum atomic E-state index is -0.611. The summed E-state index contributed by atoms with van der Waals surface area (Å²) in [6.07, 6.45) is -0.561. The Bertz CT molecular complexity index is 722. The topological polar surface area (TPSA) is 50.4 Å². The Morgan fingerprint density at radius 3 is 2.46 bits per heavy atom. The molecule has 0 aliphatic carbocycles. The molecule has 2 rings (SSSR count). The van der Waals surface area contributed by atoms with Gasteiger partial charge < -0.3 is 15.4 Å². The van der Waals surface area contributed by atoms with Crippen LogP contribution in [-0.4, -0.2) is 19.1 Å². The Morgan fingerprint density at radius 2 is 1.79 bits per heavy atom. The molecule has 2 aromatic carbocycles. The molecule has 0 saturated carbocycles. The summed E-state index contributed by atoms with van der Waals surface area (Å²) in [7, 11) is 1.46. The van der Waals surface area contributed by atoms with E-state index >= 15 is 0 Å². The zero-order valence-electron chi connectivity index (χ0n) is 13.8. The first-order chi connectivity index (χ1) is 11.4. The number of amides is 1. The van der Waals surface area contributed by atoms with E-state index in [4.69, 9.17) is 4.74 Å². The average molecular weight is 334 g/mol. The molecule has 0 saturated heterocycles. The van der Waals surface area contributed by atoms with Crippen LogP contribution < -0.4 is 10.6 Å². The third-order valence-corrected chi connectivity index (χ3v) is 3.67. The second-order valence-corrected chi connectivity index (χ2v) is 5.48. The van der Waals surface area contributed by atoms with Gasteiger partial charge in [0.2, 0.25) is 0 Å². The first-order valence-electron chi connectivity index (χ1n) is 7.56. The summed E-state index contributed by atoms with van der Waals surface area (Å²) in [5.41, 5.74) is 1.66. The number of carbonyl (C=O) groups excluding carboxylic acids is 1. The van der Waals surface area contributed by atoms with E-state index in [9.17, 15) is 13.6 Å². The van der Waals surface area contributed by atoms with Crippen LogP contribution in [0, 0.1) is 11.6 Å². The second kappa shape index (κ2) is 7.88. The molecule has 6 heteroatoms. The number of anilines is 2. The normalized spacial score (nSPS) is 13.2. The minimum absolute atomic E-state index is 0.257. The minimum Gasteiger partial charge on any atom is -0.378 e. The first kappa shape index (κ1) is 17.9. The van der Waals surface area contributed by atoms with Gasteiger partial charge in [0, 0.05) is 30.1 Å². The molecular weight excluding hydrogens is 314 g/mol. The molecule has 2 N–H and O–H groups in total. The van der Waals surface area contributed by atoms with Crippen molar-refractivity contribution in [2.24, 2.45) is 0 Å². The Kier molecular flexibility index (Phi) is 5.87. The van der Waals surface area contributed by atoms with E-state index < -0.39 is 17.7 Å². The maximum Gasteiger partial charge on any atom is 0.253 e. The summed E-state index contributed by atoms with van der Waals surface area (Å²) < 4.78 is 31.8. The number of ether oxygens (including phenoxy) is 1. The van der Waals surface area contributed by atoms with Crippen LogP contribution in [0.2, 0.25) is 0 Å². The molecule has 4 nitrogen and oxygen atoms in total. The lowest BCUT2D eigenvalue weighted by Crippen LogP contribution is -2.26. The lowest BCUT2D eigenvalue weighted by Gasteiger charge is -2.17. The smallest absolute Gasteiger partial charge is 0.253 e. The quantitative estimate of drug-likeness (QED) is 0.836. The van der Waals surface area contributed by atoms with E-state index in [0.29, 0.717) is 16.9 Å². The Hall–Kier alpha value is -2.47. The first-order valence-corrected chi connectivity index (χ1v) is 7.56. The Balaban J connectivity index is 2.10. The molecule has 2 unspecified atom stereocenters. The summed E-state index contributed by atoms with van der Waals surface area (Å²) in [4.78, 5) is 11.8. The number of methoxy groups -OCH3 is 1. The molecule has 2 atom stereocenters. The molecular formula is C18H20F2N2O2. The molecule has 24 heavy (non-hydrogen) atoms. The van der Waals surface area contributed by atoms with Crippen molar-refractivity contribution in [2.75, 3.05) is 17.7 Å². The van der Waals surface area contributed by atoms with Gasteiger partial charge in [0.1, 0.15) is 17.7 Å². The van der Waals surface area contributed by atoms with Crippen LogP contribution in [0.3, 0.4) is 0 Å². The van der Waals surface area contributed by atoms with Gasteiger partial charge in [-0.3, -0.25) is 4.79 Å². The van der Waals surface area contributed by atoms with Gasteiger partial charge in [-0.25, -0.2) is 8.78 Å². The maximum atomic E-state index is 13.8. The van der Waals surface area contributed by atoms with Gasteiger partial charge in [-0.15, -0.1) is 0 Å². The zero-order chi connectivity index (χ0) is 17.7. The van der Waals surface area contributed by atoms with Gasteiger partial charge in [0.25, 0.3) is 5.91 Å². The van der Waals surface area contributed by atoms with Crippen LogP contribution in [-0.2, 0) is 9.53 Å². The van der Waals surface area contributed by atoms with Gasteiger partial charge >= 0.3 is 0 Å². The number of carbonyl (C=O) groups is 1. The van der Waals surface area contributed by atoms with Crippen LogP contribution in [0.25, 0.3) is 0 Å². The number of hydrogen-bond donors (Lipinski definition) is 2. The molecule has 2 aromatic rings. The highest BCUT2D eigenvalue weighted by Crippen LogP contribution is 2.24. The molecule has 1 amide bonds. The van der Waals surface area contributed by atoms with Crippen LogP contribution in [0.4, 0.5) is 20.2 Å². The summed E-state index contributed by atoms with van der Waals surface area (Å²) in [6, 6.07) is 10.2. The van der Waals surface area contributed by atoms with Crippen molar-refractivity contribution in [3.8, 4) is 0 Å². The largest absolute Gasteiger partial charge is 0.378 e. The third kappa shape index (κ3) is 4.52. The predicted octanol–water partition coefficient (Wildman–Crippen LogP) is 4.11. The van der Waals surface area contributed by atoms with Crippen molar-refractivity contribution >= 4 is 17.3 Å². The zero-order valence-corrected chi connectivity index (χ0v) is 13.8. The van der Waals surface area contributed by atoms with E-state index in [1.165, 1.54) is 19.2 Å². The highest BCUT2D eigenvalue weighted by molar-refractivity contribution is 5.94. The van der Waals surface area contributed by atoms with Gasteiger partial charge in [0.15, 0.2) is 0 Å². The van der Waals surface area contributed by atoms with Crippen molar-refractivity contribution in [1.82, 2.24) is 0 Å². The molecule has 0 aliphatic rings. The fourth-order valence-corrected chi connectivity index (χ4v) is 2.22. The van der Waals surface area contributed by atoms with E-state index in [0.717, 1.165) is 6.07 Å². The molecule has 0 radical (unpaired) electrons. The van der Waals surface area contributed by atoms with E-state index in [2.05, 4.69) is 10.6 Å². The summed E-state index contributed by atoms with van der Waals surface area (Å²) in [6.45, 7) is 3.42. The summed E-state index contributed by atoms with van der Waals surface area (Å²) in [5, 5.41) is 5.87. The fourth-order valence-electron chi connectivity index (χ4n) is 2.22. The number of benzene rings is 2. The number of rotatable bonds is 6. The third-order valence-electron chi connectivity index (χ3n) is 3.67. The van der Waals surface area contributed by atoms with Gasteiger partial charge in [-0.05, 0) is 38.1 Å². The van der Waals surface area contributed by atoms with E-state index in [1.54, 1.807) is 38.1 Å². The van der Waals surface area contributed by atoms with Crippen molar-refractivity contribution < 1.29 is 18.3 Å². The molecule has 0 heterocycles.